The number of esters is 1. The molecular formula is C15H23NO4S. The van der Waals surface area contributed by atoms with Gasteiger partial charge in [-0.05, 0) is 32.8 Å². The summed E-state index contributed by atoms with van der Waals surface area (Å²) in [6, 6.07) is 0. The molecular weight excluding hydrogens is 290 g/mol. The van der Waals surface area contributed by atoms with Crippen LogP contribution in [0.25, 0.3) is 0 Å². The topological polar surface area (TPSA) is 64.6 Å². The van der Waals surface area contributed by atoms with Crippen LogP contribution in [0.5, 0.6) is 0 Å². The average Bonchev–Trinajstić information content (AvgIpc) is 2.70. The molecule has 1 aromatic heterocycles. The van der Waals surface area contributed by atoms with E-state index in [0.717, 1.165) is 16.9 Å². The first kappa shape index (κ1) is 17.7. The van der Waals surface area contributed by atoms with Gasteiger partial charge in [0.25, 0.3) is 0 Å². The van der Waals surface area contributed by atoms with Gasteiger partial charge in [0.15, 0.2) is 0 Å². The summed E-state index contributed by atoms with van der Waals surface area (Å²) < 4.78 is 10.3. The Balaban J connectivity index is 2.72. The Labute approximate surface area is 129 Å². The Morgan fingerprint density at radius 1 is 1.19 bits per heavy atom. The number of thiophene rings is 1. The molecule has 21 heavy (non-hydrogen) atoms. The minimum Gasteiger partial charge on any atom is -0.462 e. The molecule has 0 aromatic carbocycles. The molecule has 0 unspecified atom stereocenters. The first-order chi connectivity index (χ1) is 10.0. The maximum absolute atomic E-state index is 12.0. The number of ether oxygens (including phenoxy) is 2. The van der Waals surface area contributed by atoms with Gasteiger partial charge in [-0.1, -0.05) is 6.92 Å². The minimum atomic E-state index is -0.392. The predicted molar refractivity (Wildman–Crippen MR) is 84.1 cm³/mol. The second-order valence-corrected chi connectivity index (χ2v) is 5.84. The molecule has 1 N–H and O–H groups in total. The van der Waals surface area contributed by atoms with Crippen LogP contribution in [0.15, 0.2) is 0 Å². The monoisotopic (exact) mass is 313 g/mol. The third-order valence-corrected chi connectivity index (χ3v) is 4.06. The summed E-state index contributed by atoms with van der Waals surface area (Å²) >= 11 is 1.39. The normalized spacial score (nSPS) is 10.5. The SMILES string of the molecule is CCCOCCC(=O)Nc1sc(C)c(C)c1C(=O)OCC. The number of amides is 1. The molecule has 5 nitrogen and oxygen atoms in total. The van der Waals surface area contributed by atoms with E-state index in [0.29, 0.717) is 30.4 Å². The van der Waals surface area contributed by atoms with Crippen LogP contribution in [0.1, 0.15) is 47.5 Å². The molecule has 1 heterocycles. The Morgan fingerprint density at radius 2 is 1.90 bits per heavy atom. The smallest absolute Gasteiger partial charge is 0.341 e. The summed E-state index contributed by atoms with van der Waals surface area (Å²) in [7, 11) is 0. The van der Waals surface area contributed by atoms with E-state index in [1.54, 1.807) is 6.92 Å². The van der Waals surface area contributed by atoms with Gasteiger partial charge in [0.1, 0.15) is 5.00 Å². The highest BCUT2D eigenvalue weighted by Crippen LogP contribution is 2.33. The number of aryl methyl sites for hydroxylation is 1. The Morgan fingerprint density at radius 3 is 2.52 bits per heavy atom. The highest BCUT2D eigenvalue weighted by molar-refractivity contribution is 7.16. The lowest BCUT2D eigenvalue weighted by atomic mass is 10.1. The molecule has 1 aromatic rings. The molecule has 6 heteroatoms. The molecule has 0 spiro atoms. The van der Waals surface area contributed by atoms with Crippen LogP contribution in [0.2, 0.25) is 0 Å². The number of rotatable bonds is 8. The highest BCUT2D eigenvalue weighted by Gasteiger charge is 2.21. The van der Waals surface area contributed by atoms with Gasteiger partial charge in [0, 0.05) is 11.5 Å². The van der Waals surface area contributed by atoms with Crippen molar-refractivity contribution < 1.29 is 19.1 Å². The van der Waals surface area contributed by atoms with Gasteiger partial charge in [0.2, 0.25) is 5.91 Å². The lowest BCUT2D eigenvalue weighted by Gasteiger charge is -2.07. The minimum absolute atomic E-state index is 0.155. The van der Waals surface area contributed by atoms with Crippen molar-refractivity contribution in [1.82, 2.24) is 0 Å². The third kappa shape index (κ3) is 5.13. The molecule has 0 saturated heterocycles. The van der Waals surface area contributed by atoms with E-state index >= 15 is 0 Å². The summed E-state index contributed by atoms with van der Waals surface area (Å²) in [5, 5.41) is 3.35. The van der Waals surface area contributed by atoms with Crippen LogP contribution >= 0.6 is 11.3 Å². The fraction of sp³-hybridized carbons (Fsp3) is 0.600. The first-order valence-corrected chi connectivity index (χ1v) is 7.97. The maximum atomic E-state index is 12.0. The molecule has 1 amide bonds. The van der Waals surface area contributed by atoms with Crippen LogP contribution in [0.3, 0.4) is 0 Å². The maximum Gasteiger partial charge on any atom is 0.341 e. The average molecular weight is 313 g/mol. The Kier molecular flexibility index (Phi) is 7.39. The largest absolute Gasteiger partial charge is 0.462 e. The van der Waals surface area contributed by atoms with Crippen LogP contribution in [-0.2, 0) is 14.3 Å². The first-order valence-electron chi connectivity index (χ1n) is 7.15. The van der Waals surface area contributed by atoms with Crippen LogP contribution < -0.4 is 5.32 Å². The quantitative estimate of drug-likeness (QED) is 0.591. The summed E-state index contributed by atoms with van der Waals surface area (Å²) in [4.78, 5) is 24.9. The molecule has 1 rings (SSSR count). The molecule has 118 valence electrons. The van der Waals surface area contributed by atoms with Crippen LogP contribution in [0.4, 0.5) is 5.00 Å². The van der Waals surface area contributed by atoms with Crippen molar-refractivity contribution in [1.29, 1.82) is 0 Å². The summed E-state index contributed by atoms with van der Waals surface area (Å²) in [6.07, 6.45) is 1.20. The molecule has 0 aliphatic rings. The number of hydrogen-bond acceptors (Lipinski definition) is 5. The van der Waals surface area contributed by atoms with Gasteiger partial charge in [-0.3, -0.25) is 4.79 Å². The summed E-state index contributed by atoms with van der Waals surface area (Å²) in [5.74, 6) is -0.546. The van der Waals surface area contributed by atoms with Gasteiger partial charge < -0.3 is 14.8 Å². The van der Waals surface area contributed by atoms with Crippen molar-refractivity contribution in [3.63, 3.8) is 0 Å². The molecule has 0 fully saturated rings. The third-order valence-electron chi connectivity index (χ3n) is 2.94. The molecule has 0 bridgehead atoms. The van der Waals surface area contributed by atoms with E-state index < -0.39 is 5.97 Å². The van der Waals surface area contributed by atoms with Gasteiger partial charge >= 0.3 is 5.97 Å². The zero-order chi connectivity index (χ0) is 15.8. The lowest BCUT2D eigenvalue weighted by molar-refractivity contribution is -0.117. The van der Waals surface area contributed by atoms with Crippen LogP contribution in [0, 0.1) is 13.8 Å². The second-order valence-electron chi connectivity index (χ2n) is 4.62. The van der Waals surface area contributed by atoms with E-state index in [-0.39, 0.29) is 12.3 Å². The number of carbonyl (C=O) groups is 2. The van der Waals surface area contributed by atoms with Crippen LogP contribution in [-0.4, -0.2) is 31.7 Å². The van der Waals surface area contributed by atoms with Crippen molar-refractivity contribution >= 4 is 28.2 Å². The Hall–Kier alpha value is -1.40. The highest BCUT2D eigenvalue weighted by atomic mass is 32.1. The van der Waals surface area contributed by atoms with E-state index in [9.17, 15) is 9.59 Å². The fourth-order valence-corrected chi connectivity index (χ4v) is 2.83. The molecule has 0 saturated carbocycles. The van der Waals surface area contributed by atoms with Crippen molar-refractivity contribution in [3.05, 3.63) is 16.0 Å². The van der Waals surface area contributed by atoms with E-state index in [2.05, 4.69) is 5.32 Å². The van der Waals surface area contributed by atoms with Crippen molar-refractivity contribution in [2.45, 2.75) is 40.5 Å². The number of nitrogens with one attached hydrogen (secondary N) is 1. The predicted octanol–water partition coefficient (Wildman–Crippen LogP) is 3.30. The molecule has 0 aliphatic carbocycles. The van der Waals surface area contributed by atoms with E-state index in [4.69, 9.17) is 9.47 Å². The molecule has 0 atom stereocenters. The number of hydrogen-bond donors (Lipinski definition) is 1. The Bertz CT molecular complexity index is 496. The van der Waals surface area contributed by atoms with Gasteiger partial charge in [-0.2, -0.15) is 0 Å². The zero-order valence-corrected chi connectivity index (χ0v) is 13.9. The lowest BCUT2D eigenvalue weighted by Crippen LogP contribution is -2.16. The number of carbonyl (C=O) groups excluding carboxylic acids is 2. The molecule has 0 aliphatic heterocycles. The number of anilines is 1. The van der Waals surface area contributed by atoms with E-state index in [1.165, 1.54) is 11.3 Å². The van der Waals surface area contributed by atoms with Crippen molar-refractivity contribution in [2.75, 3.05) is 25.1 Å². The second kappa shape index (κ2) is 8.79. The van der Waals surface area contributed by atoms with Gasteiger partial charge in [-0.25, -0.2) is 4.79 Å². The van der Waals surface area contributed by atoms with Crippen molar-refractivity contribution in [2.24, 2.45) is 0 Å². The standard InChI is InChI=1S/C15H23NO4S/c1-5-8-19-9-7-12(17)16-14-13(15(18)20-6-2)10(3)11(4)21-14/h5-9H2,1-4H3,(H,16,17). The fourth-order valence-electron chi connectivity index (χ4n) is 1.76. The van der Waals surface area contributed by atoms with Crippen molar-refractivity contribution in [3.8, 4) is 0 Å². The summed E-state index contributed by atoms with van der Waals surface area (Å²) in [6.45, 7) is 8.90. The van der Waals surface area contributed by atoms with Gasteiger partial charge in [0.05, 0.1) is 25.2 Å². The van der Waals surface area contributed by atoms with Gasteiger partial charge in [-0.15, -0.1) is 11.3 Å². The summed E-state index contributed by atoms with van der Waals surface area (Å²) in [5.41, 5.74) is 1.32. The zero-order valence-electron chi connectivity index (χ0n) is 13.1. The molecule has 0 radical (unpaired) electrons. The van der Waals surface area contributed by atoms with E-state index in [1.807, 2.05) is 20.8 Å².